The molecular formula is C14H24N4O. The Kier molecular flexibility index (Phi) is 4.58. The van der Waals surface area contributed by atoms with E-state index in [0.717, 1.165) is 37.9 Å². The van der Waals surface area contributed by atoms with Gasteiger partial charge >= 0.3 is 0 Å². The van der Waals surface area contributed by atoms with Gasteiger partial charge in [-0.15, -0.1) is 0 Å². The maximum absolute atomic E-state index is 11.5. The number of hydrogen-bond acceptors (Lipinski definition) is 3. The van der Waals surface area contributed by atoms with Gasteiger partial charge in [-0.1, -0.05) is 19.8 Å². The summed E-state index contributed by atoms with van der Waals surface area (Å²) in [6.07, 6.45) is 7.22. The predicted molar refractivity (Wildman–Crippen MR) is 74.4 cm³/mol. The van der Waals surface area contributed by atoms with Gasteiger partial charge in [-0.2, -0.15) is 5.10 Å². The fraction of sp³-hybridized carbons (Fsp3) is 0.714. The molecule has 1 saturated carbocycles. The second kappa shape index (κ2) is 6.19. The Balaban J connectivity index is 1.98. The molecule has 2 rings (SSSR count). The second-order valence-corrected chi connectivity index (χ2v) is 5.41. The van der Waals surface area contributed by atoms with Gasteiger partial charge < -0.3 is 11.1 Å². The first-order valence-electron chi connectivity index (χ1n) is 7.16. The largest absolute Gasteiger partial charge is 0.369 e. The molecule has 1 aliphatic carbocycles. The molecule has 5 heteroatoms. The first-order chi connectivity index (χ1) is 9.11. The molecule has 2 atom stereocenters. The van der Waals surface area contributed by atoms with E-state index in [1.807, 2.05) is 17.9 Å². The van der Waals surface area contributed by atoms with Crippen LogP contribution in [-0.2, 0) is 24.8 Å². The molecule has 0 radical (unpaired) electrons. The minimum absolute atomic E-state index is 0.0181. The van der Waals surface area contributed by atoms with Gasteiger partial charge in [-0.05, 0) is 19.3 Å². The fourth-order valence-electron chi connectivity index (χ4n) is 2.99. The van der Waals surface area contributed by atoms with Crippen LogP contribution in [0.15, 0.2) is 6.20 Å². The van der Waals surface area contributed by atoms with Crippen LogP contribution in [0.1, 0.15) is 43.9 Å². The highest BCUT2D eigenvalue weighted by atomic mass is 16.1. The molecule has 1 aromatic rings. The quantitative estimate of drug-likeness (QED) is 0.837. The molecule has 106 valence electrons. The first-order valence-corrected chi connectivity index (χ1v) is 7.16. The number of aromatic nitrogens is 2. The van der Waals surface area contributed by atoms with Crippen molar-refractivity contribution in [2.45, 2.75) is 51.6 Å². The smallest absolute Gasteiger partial charge is 0.222 e. The van der Waals surface area contributed by atoms with Crippen molar-refractivity contribution in [2.75, 3.05) is 0 Å². The van der Waals surface area contributed by atoms with Gasteiger partial charge in [-0.25, -0.2) is 0 Å². The van der Waals surface area contributed by atoms with E-state index < -0.39 is 0 Å². The lowest BCUT2D eigenvalue weighted by molar-refractivity contribution is -0.123. The molecule has 5 nitrogen and oxygen atoms in total. The average molecular weight is 264 g/mol. The zero-order valence-corrected chi connectivity index (χ0v) is 11.9. The topological polar surface area (TPSA) is 72.9 Å². The van der Waals surface area contributed by atoms with E-state index in [4.69, 9.17) is 5.73 Å². The van der Waals surface area contributed by atoms with Crippen molar-refractivity contribution < 1.29 is 4.79 Å². The predicted octanol–water partition coefficient (Wildman–Crippen LogP) is 1.12. The molecule has 0 saturated heterocycles. The summed E-state index contributed by atoms with van der Waals surface area (Å²) in [5, 5.41) is 7.94. The maximum Gasteiger partial charge on any atom is 0.222 e. The molecule has 1 fully saturated rings. The van der Waals surface area contributed by atoms with Crippen molar-refractivity contribution in [2.24, 2.45) is 18.7 Å². The molecule has 1 aromatic heterocycles. The highest BCUT2D eigenvalue weighted by Crippen LogP contribution is 2.24. The van der Waals surface area contributed by atoms with Crippen molar-refractivity contribution in [3.8, 4) is 0 Å². The zero-order chi connectivity index (χ0) is 13.8. The van der Waals surface area contributed by atoms with E-state index in [0.29, 0.717) is 0 Å². The second-order valence-electron chi connectivity index (χ2n) is 5.41. The van der Waals surface area contributed by atoms with Crippen LogP contribution < -0.4 is 11.1 Å². The number of hydrogen-bond donors (Lipinski definition) is 2. The van der Waals surface area contributed by atoms with Crippen LogP contribution in [0.5, 0.6) is 0 Å². The van der Waals surface area contributed by atoms with Crippen molar-refractivity contribution in [3.63, 3.8) is 0 Å². The van der Waals surface area contributed by atoms with Gasteiger partial charge in [-0.3, -0.25) is 9.48 Å². The van der Waals surface area contributed by atoms with Gasteiger partial charge in [0.15, 0.2) is 0 Å². The van der Waals surface area contributed by atoms with Gasteiger partial charge in [0.25, 0.3) is 0 Å². The summed E-state index contributed by atoms with van der Waals surface area (Å²) in [6.45, 7) is 2.88. The first kappa shape index (κ1) is 14.1. The van der Waals surface area contributed by atoms with Crippen molar-refractivity contribution in [1.82, 2.24) is 15.1 Å². The highest BCUT2D eigenvalue weighted by Gasteiger charge is 2.29. The van der Waals surface area contributed by atoms with E-state index in [-0.39, 0.29) is 17.9 Å². The van der Waals surface area contributed by atoms with E-state index in [1.54, 1.807) is 0 Å². The van der Waals surface area contributed by atoms with Crippen LogP contribution in [0, 0.1) is 5.92 Å². The monoisotopic (exact) mass is 264 g/mol. The maximum atomic E-state index is 11.5. The van der Waals surface area contributed by atoms with E-state index in [2.05, 4.69) is 17.3 Å². The number of rotatable bonds is 5. The molecule has 0 bridgehead atoms. The molecule has 0 aliphatic heterocycles. The Morgan fingerprint density at radius 1 is 1.53 bits per heavy atom. The van der Waals surface area contributed by atoms with Crippen LogP contribution in [0.2, 0.25) is 0 Å². The number of nitrogens with one attached hydrogen (secondary N) is 1. The molecule has 0 unspecified atom stereocenters. The van der Waals surface area contributed by atoms with Gasteiger partial charge in [0.05, 0.1) is 11.6 Å². The standard InChI is InChI=1S/C14H24N4O/c1-3-12-10(9-18(2)17-12)8-16-13-7-5-4-6-11(13)14(15)19/h9,11,13,16H,3-8H2,1-2H3,(H2,15,19)/t11-,13-/m1/s1. The number of aryl methyl sites for hydroxylation is 2. The van der Waals surface area contributed by atoms with Crippen LogP contribution in [-0.4, -0.2) is 21.7 Å². The summed E-state index contributed by atoms with van der Waals surface area (Å²) < 4.78 is 1.85. The summed E-state index contributed by atoms with van der Waals surface area (Å²) in [7, 11) is 1.94. The van der Waals surface area contributed by atoms with E-state index >= 15 is 0 Å². The Hall–Kier alpha value is -1.36. The summed E-state index contributed by atoms with van der Waals surface area (Å²) >= 11 is 0. The molecule has 1 amide bonds. The molecule has 3 N–H and O–H groups in total. The van der Waals surface area contributed by atoms with Crippen LogP contribution >= 0.6 is 0 Å². The summed E-state index contributed by atoms with van der Waals surface area (Å²) in [5.74, 6) is -0.186. The third kappa shape index (κ3) is 3.35. The molecule has 1 heterocycles. The number of carbonyl (C=O) groups is 1. The number of nitrogens with two attached hydrogens (primary N) is 1. The van der Waals surface area contributed by atoms with Crippen molar-refractivity contribution >= 4 is 5.91 Å². The summed E-state index contributed by atoms with van der Waals surface area (Å²) in [6, 6.07) is 0.219. The third-order valence-corrected chi connectivity index (χ3v) is 4.01. The van der Waals surface area contributed by atoms with Gasteiger partial charge in [0.2, 0.25) is 5.91 Å². The minimum Gasteiger partial charge on any atom is -0.369 e. The molecule has 19 heavy (non-hydrogen) atoms. The van der Waals surface area contributed by atoms with Crippen molar-refractivity contribution in [1.29, 1.82) is 0 Å². The number of primary amides is 1. The Morgan fingerprint density at radius 2 is 2.26 bits per heavy atom. The Bertz CT molecular complexity index is 441. The normalized spacial score (nSPS) is 23.5. The molecule has 0 aromatic carbocycles. The molecule has 0 spiro atoms. The van der Waals surface area contributed by atoms with Gasteiger partial charge in [0.1, 0.15) is 0 Å². The third-order valence-electron chi connectivity index (χ3n) is 4.01. The fourth-order valence-corrected chi connectivity index (χ4v) is 2.99. The summed E-state index contributed by atoms with van der Waals surface area (Å²) in [5.41, 5.74) is 7.84. The lowest BCUT2D eigenvalue weighted by Crippen LogP contribution is -2.44. The van der Waals surface area contributed by atoms with Gasteiger partial charge in [0, 0.05) is 31.4 Å². The molecule has 1 aliphatic rings. The lowest BCUT2D eigenvalue weighted by atomic mass is 9.84. The Labute approximate surface area is 114 Å². The van der Waals surface area contributed by atoms with E-state index in [1.165, 1.54) is 12.0 Å². The number of carbonyl (C=O) groups excluding carboxylic acids is 1. The Morgan fingerprint density at radius 3 is 2.95 bits per heavy atom. The summed E-state index contributed by atoms with van der Waals surface area (Å²) in [4.78, 5) is 11.5. The lowest BCUT2D eigenvalue weighted by Gasteiger charge is -2.30. The number of nitrogens with zero attached hydrogens (tertiary/aromatic N) is 2. The minimum atomic E-state index is -0.167. The average Bonchev–Trinajstić information content (AvgIpc) is 2.77. The van der Waals surface area contributed by atoms with Crippen molar-refractivity contribution in [3.05, 3.63) is 17.5 Å². The van der Waals surface area contributed by atoms with Crippen LogP contribution in [0.25, 0.3) is 0 Å². The van der Waals surface area contributed by atoms with Crippen LogP contribution in [0.4, 0.5) is 0 Å². The molecular weight excluding hydrogens is 240 g/mol. The number of amides is 1. The zero-order valence-electron chi connectivity index (χ0n) is 11.9. The van der Waals surface area contributed by atoms with Crippen LogP contribution in [0.3, 0.4) is 0 Å². The SMILES string of the molecule is CCc1nn(C)cc1CN[C@@H]1CCCC[C@H]1C(N)=O. The van der Waals surface area contributed by atoms with E-state index in [9.17, 15) is 4.79 Å². The highest BCUT2D eigenvalue weighted by molar-refractivity contribution is 5.77.